The Bertz CT molecular complexity index is 913. The van der Waals surface area contributed by atoms with Gasteiger partial charge in [-0.2, -0.15) is 0 Å². The van der Waals surface area contributed by atoms with Crippen LogP contribution < -0.4 is 10.6 Å². The predicted molar refractivity (Wildman–Crippen MR) is 106 cm³/mol. The van der Waals surface area contributed by atoms with Crippen LogP contribution in [0.2, 0.25) is 5.02 Å². The van der Waals surface area contributed by atoms with Crippen LogP contribution in [0.4, 0.5) is 10.1 Å². The molecule has 5 heteroatoms. The van der Waals surface area contributed by atoms with E-state index in [0.717, 1.165) is 11.1 Å². The van der Waals surface area contributed by atoms with E-state index >= 15 is 0 Å². The molecule has 3 N–H and O–H groups in total. The minimum Gasteiger partial charge on any atom is -0.328 e. The zero-order chi connectivity index (χ0) is 19.2. The van der Waals surface area contributed by atoms with Crippen LogP contribution in [0.1, 0.15) is 22.7 Å². The third-order valence-electron chi connectivity index (χ3n) is 4.34. The third-order valence-corrected chi connectivity index (χ3v) is 4.65. The molecule has 0 heterocycles. The summed E-state index contributed by atoms with van der Waals surface area (Å²) < 4.78 is 13.1. The molecule has 1 amide bonds. The van der Waals surface area contributed by atoms with Gasteiger partial charge in [-0.1, -0.05) is 71.8 Å². The Hall–Kier alpha value is -2.69. The Morgan fingerprint density at radius 3 is 2.37 bits per heavy atom. The molecule has 0 saturated heterocycles. The summed E-state index contributed by atoms with van der Waals surface area (Å²) in [5.41, 5.74) is 3.84. The molecule has 0 aliphatic carbocycles. The summed E-state index contributed by atoms with van der Waals surface area (Å²) in [7, 11) is 0. The summed E-state index contributed by atoms with van der Waals surface area (Å²) in [6, 6.07) is 22.3. The monoisotopic (exact) mass is 383 g/mol. The molecule has 0 aromatic heterocycles. The molecule has 0 bridgehead atoms. The first-order valence-electron chi connectivity index (χ1n) is 8.72. The Kier molecular flexibility index (Phi) is 6.22. The second kappa shape index (κ2) is 8.80. The van der Waals surface area contributed by atoms with E-state index < -0.39 is 5.82 Å². The topological polar surface area (TPSA) is 45.7 Å². The van der Waals surface area contributed by atoms with E-state index in [0.29, 0.717) is 5.69 Å². The highest BCUT2D eigenvalue weighted by Crippen LogP contribution is 2.22. The van der Waals surface area contributed by atoms with Crippen LogP contribution in [0.3, 0.4) is 0 Å². The van der Waals surface area contributed by atoms with Gasteiger partial charge in [0.1, 0.15) is 11.9 Å². The number of hydrogen-bond donors (Lipinski definition) is 2. The van der Waals surface area contributed by atoms with Gasteiger partial charge in [0.2, 0.25) is 0 Å². The van der Waals surface area contributed by atoms with Crippen molar-refractivity contribution in [1.29, 1.82) is 0 Å². The molecule has 0 fully saturated rings. The number of hydrogen-bond acceptors (Lipinski definition) is 1. The first-order chi connectivity index (χ1) is 13.0. The van der Waals surface area contributed by atoms with Crippen molar-refractivity contribution in [2.75, 3.05) is 11.9 Å². The van der Waals surface area contributed by atoms with E-state index in [4.69, 9.17) is 11.6 Å². The molecule has 0 aliphatic rings. The predicted octanol–water partition coefficient (Wildman–Crippen LogP) is 4.08. The van der Waals surface area contributed by atoms with Crippen LogP contribution >= 0.6 is 11.6 Å². The molecule has 0 radical (unpaired) electrons. The summed E-state index contributed by atoms with van der Waals surface area (Å²) in [6.45, 7) is 2.26. The van der Waals surface area contributed by atoms with Gasteiger partial charge in [0.15, 0.2) is 6.54 Å². The lowest BCUT2D eigenvalue weighted by atomic mass is 9.98. The van der Waals surface area contributed by atoms with Gasteiger partial charge >= 0.3 is 0 Å². The van der Waals surface area contributed by atoms with E-state index in [2.05, 4.69) is 41.7 Å². The average molecular weight is 384 g/mol. The van der Waals surface area contributed by atoms with Crippen LogP contribution in [0.5, 0.6) is 0 Å². The molecule has 0 aliphatic heterocycles. The lowest BCUT2D eigenvalue weighted by Gasteiger charge is -2.17. The molecule has 0 saturated carbocycles. The van der Waals surface area contributed by atoms with Gasteiger partial charge in [0, 0.05) is 11.1 Å². The smallest absolute Gasteiger partial charge is 0.279 e. The number of aryl methyl sites for hydroxylation is 1. The lowest BCUT2D eigenvalue weighted by molar-refractivity contribution is -0.676. The zero-order valence-electron chi connectivity index (χ0n) is 15.0. The van der Waals surface area contributed by atoms with E-state index in [1.807, 2.05) is 30.4 Å². The first-order valence-corrected chi connectivity index (χ1v) is 9.10. The van der Waals surface area contributed by atoms with Gasteiger partial charge in [-0.3, -0.25) is 4.79 Å². The van der Waals surface area contributed by atoms with Gasteiger partial charge in [0.05, 0.1) is 10.7 Å². The minimum absolute atomic E-state index is 0.00115. The van der Waals surface area contributed by atoms with Crippen LogP contribution in [0, 0.1) is 12.7 Å². The maximum atomic E-state index is 13.1. The molecule has 3 aromatic carbocycles. The van der Waals surface area contributed by atoms with Gasteiger partial charge in [0.25, 0.3) is 5.91 Å². The quantitative estimate of drug-likeness (QED) is 0.662. The summed E-state index contributed by atoms with van der Waals surface area (Å²) in [6.07, 6.45) is 0. The van der Waals surface area contributed by atoms with Crippen molar-refractivity contribution in [2.45, 2.75) is 13.0 Å². The van der Waals surface area contributed by atoms with E-state index in [-0.39, 0.29) is 23.5 Å². The zero-order valence-corrected chi connectivity index (χ0v) is 15.7. The number of anilines is 1. The molecular formula is C22H21ClFN2O+. The number of carbonyl (C=O) groups excluding carboxylic acids is 1. The highest BCUT2D eigenvalue weighted by atomic mass is 35.5. The summed E-state index contributed by atoms with van der Waals surface area (Å²) in [5.74, 6) is -0.635. The van der Waals surface area contributed by atoms with Crippen molar-refractivity contribution in [3.05, 3.63) is 100 Å². The van der Waals surface area contributed by atoms with Gasteiger partial charge in [-0.15, -0.1) is 0 Å². The number of nitrogens with two attached hydrogens (primary N) is 1. The normalized spacial score (nSPS) is 11.8. The molecule has 1 atom stereocenters. The standard InChI is InChI=1S/C22H20ClFN2O/c1-15-7-9-17(10-8-15)22(16-5-3-2-4-6-16)25-14-21(27)26-20-12-11-18(24)13-19(20)23/h2-13,22,25H,14H2,1H3,(H,26,27)/p+1/t22-/m0/s1. The second-order valence-electron chi connectivity index (χ2n) is 6.41. The SMILES string of the molecule is Cc1ccc([C@@H]([NH2+]CC(=O)Nc2ccc(F)cc2Cl)c2ccccc2)cc1. The van der Waals surface area contributed by atoms with Crippen molar-refractivity contribution in [2.24, 2.45) is 0 Å². The van der Waals surface area contributed by atoms with Crippen molar-refractivity contribution in [1.82, 2.24) is 0 Å². The molecule has 3 rings (SSSR count). The van der Waals surface area contributed by atoms with Crippen molar-refractivity contribution in [3.63, 3.8) is 0 Å². The highest BCUT2D eigenvalue weighted by molar-refractivity contribution is 6.33. The number of quaternary nitrogens is 1. The summed E-state index contributed by atoms with van der Waals surface area (Å²) in [5, 5.41) is 4.90. The summed E-state index contributed by atoms with van der Waals surface area (Å²) in [4.78, 5) is 12.4. The fraction of sp³-hybridized carbons (Fsp3) is 0.136. The minimum atomic E-state index is -0.437. The number of carbonyl (C=O) groups is 1. The molecule has 27 heavy (non-hydrogen) atoms. The van der Waals surface area contributed by atoms with Crippen LogP contribution in [0.25, 0.3) is 0 Å². The number of nitrogens with one attached hydrogen (secondary N) is 1. The summed E-state index contributed by atoms with van der Waals surface area (Å²) >= 11 is 5.98. The Morgan fingerprint density at radius 2 is 1.70 bits per heavy atom. The second-order valence-corrected chi connectivity index (χ2v) is 6.82. The van der Waals surface area contributed by atoms with E-state index in [1.54, 1.807) is 0 Å². The number of amides is 1. The fourth-order valence-electron chi connectivity index (χ4n) is 2.92. The van der Waals surface area contributed by atoms with E-state index in [9.17, 15) is 9.18 Å². The van der Waals surface area contributed by atoms with Crippen molar-refractivity contribution < 1.29 is 14.5 Å². The average Bonchev–Trinajstić information content (AvgIpc) is 2.66. The number of benzene rings is 3. The largest absolute Gasteiger partial charge is 0.328 e. The maximum absolute atomic E-state index is 13.1. The molecule has 138 valence electrons. The molecular weight excluding hydrogens is 363 g/mol. The third kappa shape index (κ3) is 5.16. The Labute approximate surface area is 163 Å². The van der Waals surface area contributed by atoms with Crippen molar-refractivity contribution >= 4 is 23.2 Å². The van der Waals surface area contributed by atoms with Gasteiger partial charge in [-0.25, -0.2) is 4.39 Å². The Morgan fingerprint density at radius 1 is 1.04 bits per heavy atom. The fourth-order valence-corrected chi connectivity index (χ4v) is 3.13. The van der Waals surface area contributed by atoms with Gasteiger partial charge < -0.3 is 10.6 Å². The number of rotatable bonds is 6. The molecule has 0 unspecified atom stereocenters. The van der Waals surface area contributed by atoms with Crippen molar-refractivity contribution in [3.8, 4) is 0 Å². The lowest BCUT2D eigenvalue weighted by Crippen LogP contribution is -2.87. The maximum Gasteiger partial charge on any atom is 0.279 e. The van der Waals surface area contributed by atoms with Crippen LogP contribution in [-0.2, 0) is 4.79 Å². The molecule has 0 spiro atoms. The van der Waals surface area contributed by atoms with E-state index in [1.165, 1.54) is 23.8 Å². The van der Waals surface area contributed by atoms with Crippen LogP contribution in [-0.4, -0.2) is 12.5 Å². The highest BCUT2D eigenvalue weighted by Gasteiger charge is 2.19. The first kappa shape index (κ1) is 19.1. The Balaban J connectivity index is 1.72. The van der Waals surface area contributed by atoms with Crippen LogP contribution in [0.15, 0.2) is 72.8 Å². The molecule has 3 aromatic rings. The molecule has 3 nitrogen and oxygen atoms in total. The van der Waals surface area contributed by atoms with Gasteiger partial charge in [-0.05, 0) is 25.1 Å². The number of halogens is 2.